The van der Waals surface area contributed by atoms with Crippen molar-refractivity contribution < 1.29 is 42.2 Å². The molecular formula is C55H68N8O10S. The molecule has 394 valence electrons. The number of fused-ring (bicyclic) bond motifs is 3. The van der Waals surface area contributed by atoms with Crippen molar-refractivity contribution in [3.05, 3.63) is 106 Å². The summed E-state index contributed by atoms with van der Waals surface area (Å²) in [4.78, 5) is 41.2. The lowest BCUT2D eigenvalue weighted by Gasteiger charge is -2.57. The topological polar surface area (TPSA) is 214 Å². The van der Waals surface area contributed by atoms with E-state index in [1.165, 1.54) is 23.3 Å². The molecule has 2 aromatic heterocycles. The zero-order valence-electron chi connectivity index (χ0n) is 42.5. The van der Waals surface area contributed by atoms with E-state index in [2.05, 4.69) is 62.9 Å². The molecule has 18 nitrogen and oxygen atoms in total. The maximum Gasteiger partial charge on any atom is 0.293 e. The van der Waals surface area contributed by atoms with Crippen LogP contribution in [0.25, 0.3) is 11.0 Å². The van der Waals surface area contributed by atoms with Crippen LogP contribution in [0.1, 0.15) is 106 Å². The van der Waals surface area contributed by atoms with Gasteiger partial charge in [0.1, 0.15) is 29.7 Å². The Morgan fingerprint density at radius 3 is 2.50 bits per heavy atom. The third-order valence-electron chi connectivity index (χ3n) is 16.8. The zero-order chi connectivity index (χ0) is 51.4. The van der Waals surface area contributed by atoms with Crippen LogP contribution in [0, 0.1) is 21.4 Å². The zero-order valence-corrected chi connectivity index (χ0v) is 43.3. The minimum absolute atomic E-state index is 0.0519. The number of ether oxygens (including phenoxy) is 4. The van der Waals surface area contributed by atoms with Gasteiger partial charge in [-0.25, -0.2) is 13.1 Å². The fourth-order valence-electron chi connectivity index (χ4n) is 12.5. The Bertz CT molecular complexity index is 2990. The van der Waals surface area contributed by atoms with E-state index in [-0.39, 0.29) is 41.8 Å². The molecule has 0 unspecified atom stereocenters. The average molecular weight is 1030 g/mol. The number of H-pyrrole nitrogens is 1. The number of nitro groups is 1. The van der Waals surface area contributed by atoms with E-state index < -0.39 is 49.2 Å². The number of hydrogen-bond donors (Lipinski definition) is 4. The van der Waals surface area contributed by atoms with E-state index in [9.17, 15) is 28.4 Å². The second kappa shape index (κ2) is 20.4. The van der Waals surface area contributed by atoms with Gasteiger partial charge in [-0.1, -0.05) is 38.1 Å². The number of carbonyl (C=O) groups is 1. The SMILES string of the molecule is CC(C)c1ccccc1[C@@H]1COCCN1C1CC2(CCN(c3ccc(C(=O)NS(=O)(=O)c4ccc(NC[C@H]5CC[C@](C)(O)CC5)c([N+](=O)[O-])c4)c(N4c5cc6cc[nH]c6nc5OC[C@@H]5OCCOC[C@H]54)c3)CC2)C1. The van der Waals surface area contributed by atoms with Crippen LogP contribution in [-0.2, 0) is 24.2 Å². The normalized spacial score (nSPS) is 25.6. The monoisotopic (exact) mass is 1030 g/mol. The molecule has 5 fully saturated rings. The van der Waals surface area contributed by atoms with E-state index in [1.807, 2.05) is 36.1 Å². The number of morpholine rings is 1. The smallest absolute Gasteiger partial charge is 0.293 e. The molecule has 6 heterocycles. The minimum Gasteiger partial charge on any atom is -0.473 e. The number of nitrogens with one attached hydrogen (secondary N) is 3. The van der Waals surface area contributed by atoms with Crippen molar-refractivity contribution in [2.45, 2.75) is 113 Å². The molecule has 2 saturated carbocycles. The van der Waals surface area contributed by atoms with E-state index in [1.54, 1.807) is 12.3 Å². The minimum atomic E-state index is -4.66. The maximum atomic E-state index is 14.8. The summed E-state index contributed by atoms with van der Waals surface area (Å²) < 4.78 is 55.8. The lowest BCUT2D eigenvalue weighted by Crippen LogP contribution is -2.58. The highest BCUT2D eigenvalue weighted by molar-refractivity contribution is 7.90. The first-order valence-corrected chi connectivity index (χ1v) is 27.9. The number of aromatic amines is 1. The van der Waals surface area contributed by atoms with Crippen LogP contribution in [0.15, 0.2) is 83.9 Å². The second-order valence-corrected chi connectivity index (χ2v) is 23.7. The Hall–Kier alpha value is -5.83. The first-order valence-electron chi connectivity index (χ1n) is 26.4. The number of pyridine rings is 1. The van der Waals surface area contributed by atoms with Gasteiger partial charge in [-0.3, -0.25) is 19.8 Å². The predicted molar refractivity (Wildman–Crippen MR) is 281 cm³/mol. The molecule has 1 spiro atoms. The van der Waals surface area contributed by atoms with E-state index in [0.717, 1.165) is 81.9 Å². The molecule has 0 bridgehead atoms. The third kappa shape index (κ3) is 10.1. The average Bonchev–Trinajstić information content (AvgIpc) is 3.65. The Morgan fingerprint density at radius 2 is 1.72 bits per heavy atom. The van der Waals surface area contributed by atoms with Gasteiger partial charge in [-0.15, -0.1) is 0 Å². The van der Waals surface area contributed by atoms with Crippen LogP contribution in [0.2, 0.25) is 0 Å². The highest BCUT2D eigenvalue weighted by Crippen LogP contribution is 2.54. The summed E-state index contributed by atoms with van der Waals surface area (Å²) in [6.07, 6.45) is 8.30. The van der Waals surface area contributed by atoms with Gasteiger partial charge in [0.2, 0.25) is 5.88 Å². The van der Waals surface area contributed by atoms with Gasteiger partial charge in [0.15, 0.2) is 0 Å². The number of sulfonamides is 1. The van der Waals surface area contributed by atoms with Crippen molar-refractivity contribution in [2.24, 2.45) is 11.3 Å². The lowest BCUT2D eigenvalue weighted by atomic mass is 9.59. The highest BCUT2D eigenvalue weighted by atomic mass is 32.2. The predicted octanol–water partition coefficient (Wildman–Crippen LogP) is 8.20. The largest absolute Gasteiger partial charge is 0.473 e. The van der Waals surface area contributed by atoms with Crippen LogP contribution in [0.4, 0.5) is 28.4 Å². The number of anilines is 4. The summed E-state index contributed by atoms with van der Waals surface area (Å²) in [5.41, 5.74) is 4.48. The molecule has 3 atom stereocenters. The Labute approximate surface area is 432 Å². The Balaban J connectivity index is 0.881. The summed E-state index contributed by atoms with van der Waals surface area (Å²) in [5, 5.41) is 26.8. The van der Waals surface area contributed by atoms with E-state index in [4.69, 9.17) is 23.9 Å². The molecule has 3 aromatic carbocycles. The highest BCUT2D eigenvalue weighted by Gasteiger charge is 2.50. The summed E-state index contributed by atoms with van der Waals surface area (Å²) >= 11 is 0. The molecule has 5 aromatic rings. The quantitative estimate of drug-likeness (QED) is 0.0685. The number of aliphatic hydroxyl groups is 1. The van der Waals surface area contributed by atoms with E-state index in [0.29, 0.717) is 74.1 Å². The van der Waals surface area contributed by atoms with Crippen molar-refractivity contribution in [2.75, 3.05) is 80.9 Å². The molecule has 3 saturated heterocycles. The molecular weight excluding hydrogens is 965 g/mol. The third-order valence-corrected chi connectivity index (χ3v) is 18.2. The van der Waals surface area contributed by atoms with Gasteiger partial charge in [-0.05, 0) is 129 Å². The van der Waals surface area contributed by atoms with Crippen LogP contribution < -0.4 is 24.6 Å². The number of benzene rings is 3. The van der Waals surface area contributed by atoms with Crippen molar-refractivity contribution in [3.8, 4) is 5.88 Å². The van der Waals surface area contributed by atoms with Crippen molar-refractivity contribution in [1.82, 2.24) is 19.6 Å². The number of amides is 1. The fourth-order valence-corrected chi connectivity index (χ4v) is 13.5. The second-order valence-electron chi connectivity index (χ2n) is 22.0. The van der Waals surface area contributed by atoms with Crippen LogP contribution >= 0.6 is 0 Å². The maximum absolute atomic E-state index is 14.8. The number of aromatic nitrogens is 2. The van der Waals surface area contributed by atoms with Gasteiger partial charge in [0, 0.05) is 55.6 Å². The molecule has 6 aliphatic rings. The van der Waals surface area contributed by atoms with Gasteiger partial charge < -0.3 is 44.2 Å². The van der Waals surface area contributed by atoms with Crippen LogP contribution in [0.3, 0.4) is 0 Å². The number of nitro benzene ring substituents is 1. The van der Waals surface area contributed by atoms with Gasteiger partial charge in [-0.2, -0.15) is 4.98 Å². The van der Waals surface area contributed by atoms with Crippen molar-refractivity contribution in [1.29, 1.82) is 0 Å². The molecule has 1 amide bonds. The first-order chi connectivity index (χ1) is 35.6. The molecule has 19 heteroatoms. The summed E-state index contributed by atoms with van der Waals surface area (Å²) in [5.74, 6) is -0.00194. The number of nitrogens with zero attached hydrogens (tertiary/aromatic N) is 5. The molecule has 4 aliphatic heterocycles. The molecule has 4 N–H and O–H groups in total. The van der Waals surface area contributed by atoms with Crippen molar-refractivity contribution >= 4 is 55.4 Å². The molecule has 11 rings (SSSR count). The number of rotatable bonds is 12. The lowest BCUT2D eigenvalue weighted by molar-refractivity contribution is -0.384. The van der Waals surface area contributed by atoms with Crippen LogP contribution in [-0.4, -0.2) is 129 Å². The summed E-state index contributed by atoms with van der Waals surface area (Å²) in [6, 6.07) is 21.9. The Morgan fingerprint density at radius 1 is 0.932 bits per heavy atom. The Kier molecular flexibility index (Phi) is 13.9. The van der Waals surface area contributed by atoms with Gasteiger partial charge >= 0.3 is 0 Å². The molecule has 2 aliphatic carbocycles. The summed E-state index contributed by atoms with van der Waals surface area (Å²) in [7, 11) is -4.66. The number of hydrogen-bond acceptors (Lipinski definition) is 15. The summed E-state index contributed by atoms with van der Waals surface area (Å²) in [6.45, 7) is 11.8. The first kappa shape index (κ1) is 50.3. The fraction of sp³-hybridized carbons (Fsp3) is 0.527. The molecule has 74 heavy (non-hydrogen) atoms. The standard InChI is InChI=1S/C55H68N8O10S/c1-35(2)41-6-4-5-7-42(41)48-32-70-23-22-61(48)39-29-55(30-39)17-20-60(21-18-55)38-8-10-43(45(27-38)62-47-26-37-14-19-56-51(37)58-53(47)73-34-50-49(62)33-71-24-25-72-50)52(64)59-74(68,69)40-9-11-44(46(28-40)63(66)67)57-31-36-12-15-54(3,65)16-13-36/h4-11,14,19,26-28,35-36,39,48-50,57,65H,12-13,15-18,20-25,29-34H2,1-3H3,(H,56,58)(H,59,64)/t36-,48-,49+,50-,54-/m0/s1. The number of carbonyl (C=O) groups excluding carboxylic acids is 1. The van der Waals surface area contributed by atoms with Gasteiger partial charge in [0.25, 0.3) is 21.6 Å². The van der Waals surface area contributed by atoms with Crippen LogP contribution in [0.5, 0.6) is 5.88 Å². The molecule has 0 radical (unpaired) electrons. The number of piperidine rings is 1. The van der Waals surface area contributed by atoms with Crippen molar-refractivity contribution in [3.63, 3.8) is 0 Å². The van der Waals surface area contributed by atoms with Gasteiger partial charge in [0.05, 0.1) is 71.8 Å². The van der Waals surface area contributed by atoms with E-state index >= 15 is 0 Å².